The van der Waals surface area contributed by atoms with Crippen LogP contribution in [0.3, 0.4) is 0 Å². The fourth-order valence-electron chi connectivity index (χ4n) is 3.93. The molecule has 1 aromatic carbocycles. The molecule has 3 rings (SSSR count). The van der Waals surface area contributed by atoms with Crippen molar-refractivity contribution in [3.05, 3.63) is 29.6 Å². The lowest BCUT2D eigenvalue weighted by Gasteiger charge is -2.38. The third-order valence-corrected chi connectivity index (χ3v) is 4.91. The van der Waals surface area contributed by atoms with Gasteiger partial charge in [0.15, 0.2) is 0 Å². The molecule has 1 aliphatic heterocycles. The molecule has 1 aromatic rings. The van der Waals surface area contributed by atoms with Gasteiger partial charge in [0.2, 0.25) is 0 Å². The Hall–Kier alpha value is -1.05. The fraction of sp³-hybridized carbons (Fsp3) is 0.647. The van der Waals surface area contributed by atoms with Crippen LogP contribution in [0.25, 0.3) is 0 Å². The van der Waals surface area contributed by atoms with Gasteiger partial charge in [-0.3, -0.25) is 4.90 Å². The van der Waals surface area contributed by atoms with Gasteiger partial charge in [-0.2, -0.15) is 0 Å². The number of rotatable bonds is 4. The van der Waals surface area contributed by atoms with Gasteiger partial charge in [0.25, 0.3) is 0 Å². The van der Waals surface area contributed by atoms with Crippen molar-refractivity contribution in [1.82, 2.24) is 10.2 Å². The van der Waals surface area contributed by atoms with Crippen LogP contribution in [0.4, 0.5) is 17.6 Å². The summed E-state index contributed by atoms with van der Waals surface area (Å²) in [6, 6.07) is 3.16. The summed E-state index contributed by atoms with van der Waals surface area (Å²) >= 11 is 0. The van der Waals surface area contributed by atoms with Crippen molar-refractivity contribution in [2.24, 2.45) is 5.92 Å². The minimum absolute atomic E-state index is 0. The molecule has 3 nitrogen and oxygen atoms in total. The number of hydrogen-bond donors (Lipinski definition) is 1. The maximum Gasteiger partial charge on any atom is 0.573 e. The van der Waals surface area contributed by atoms with Crippen molar-refractivity contribution in [3.8, 4) is 5.75 Å². The van der Waals surface area contributed by atoms with Gasteiger partial charge in [0.1, 0.15) is 11.6 Å². The van der Waals surface area contributed by atoms with E-state index in [2.05, 4.69) is 15.0 Å². The SMILES string of the molecule is Cl.Fc1ccc(OC(F)(F)F)cc1[C@@H](C1CCCC1)N1CCNCC1. The molecule has 1 heterocycles. The van der Waals surface area contributed by atoms with Crippen LogP contribution in [0.1, 0.15) is 37.3 Å². The number of piperazine rings is 1. The molecular formula is C17H23ClF4N2O. The Morgan fingerprint density at radius 3 is 2.36 bits per heavy atom. The topological polar surface area (TPSA) is 24.5 Å². The zero-order chi connectivity index (χ0) is 17.2. The first-order valence-corrected chi connectivity index (χ1v) is 8.44. The maximum atomic E-state index is 14.5. The van der Waals surface area contributed by atoms with Crippen LogP contribution in [0.5, 0.6) is 5.75 Å². The van der Waals surface area contributed by atoms with E-state index < -0.39 is 12.2 Å². The van der Waals surface area contributed by atoms with E-state index in [4.69, 9.17) is 0 Å². The van der Waals surface area contributed by atoms with Crippen LogP contribution in [-0.4, -0.2) is 37.4 Å². The van der Waals surface area contributed by atoms with E-state index in [9.17, 15) is 17.6 Å². The molecule has 0 amide bonds. The molecule has 0 unspecified atom stereocenters. The van der Waals surface area contributed by atoms with Crippen molar-refractivity contribution in [1.29, 1.82) is 0 Å². The lowest BCUT2D eigenvalue weighted by molar-refractivity contribution is -0.274. The van der Waals surface area contributed by atoms with Crippen LogP contribution in [-0.2, 0) is 0 Å². The Kier molecular flexibility index (Phi) is 6.93. The predicted molar refractivity (Wildman–Crippen MR) is 89.5 cm³/mol. The summed E-state index contributed by atoms with van der Waals surface area (Å²) in [5.41, 5.74) is 0.325. The number of ether oxygens (including phenoxy) is 1. The zero-order valence-corrected chi connectivity index (χ0v) is 14.6. The first kappa shape index (κ1) is 20.3. The van der Waals surface area contributed by atoms with Crippen LogP contribution in [0.2, 0.25) is 0 Å². The van der Waals surface area contributed by atoms with Gasteiger partial charge in [-0.15, -0.1) is 25.6 Å². The summed E-state index contributed by atoms with van der Waals surface area (Å²) in [6.07, 6.45) is -0.620. The van der Waals surface area contributed by atoms with E-state index >= 15 is 0 Å². The lowest BCUT2D eigenvalue weighted by Crippen LogP contribution is -2.46. The van der Waals surface area contributed by atoms with Crippen molar-refractivity contribution in [2.75, 3.05) is 26.2 Å². The van der Waals surface area contributed by atoms with Crippen molar-refractivity contribution in [3.63, 3.8) is 0 Å². The van der Waals surface area contributed by atoms with E-state index in [0.717, 1.165) is 64.0 Å². The molecule has 1 saturated heterocycles. The van der Waals surface area contributed by atoms with Gasteiger partial charge in [-0.25, -0.2) is 4.39 Å². The monoisotopic (exact) mass is 382 g/mol. The lowest BCUT2D eigenvalue weighted by atomic mass is 9.89. The summed E-state index contributed by atoms with van der Waals surface area (Å²) in [6.45, 7) is 3.16. The van der Waals surface area contributed by atoms with Gasteiger partial charge in [-0.05, 0) is 37.0 Å². The third-order valence-electron chi connectivity index (χ3n) is 4.91. The molecule has 1 aliphatic carbocycles. The molecule has 142 valence electrons. The highest BCUT2D eigenvalue weighted by Crippen LogP contribution is 2.41. The molecule has 0 spiro atoms. The molecule has 1 N–H and O–H groups in total. The number of hydrogen-bond acceptors (Lipinski definition) is 3. The van der Waals surface area contributed by atoms with Crippen molar-refractivity contribution in [2.45, 2.75) is 38.1 Å². The molecule has 2 fully saturated rings. The molecular weight excluding hydrogens is 360 g/mol. The minimum Gasteiger partial charge on any atom is -0.406 e. The van der Waals surface area contributed by atoms with Gasteiger partial charge < -0.3 is 10.1 Å². The van der Waals surface area contributed by atoms with E-state index in [-0.39, 0.29) is 30.1 Å². The molecule has 2 aliphatic rings. The highest BCUT2D eigenvalue weighted by molar-refractivity contribution is 5.85. The number of benzene rings is 1. The molecule has 8 heteroatoms. The van der Waals surface area contributed by atoms with Gasteiger partial charge in [-0.1, -0.05) is 12.8 Å². The Bertz CT molecular complexity index is 558. The highest BCUT2D eigenvalue weighted by Gasteiger charge is 2.35. The number of alkyl halides is 3. The molecule has 1 atom stereocenters. The first-order valence-electron chi connectivity index (χ1n) is 8.44. The Morgan fingerprint density at radius 1 is 1.12 bits per heavy atom. The normalized spacial score (nSPS) is 21.0. The van der Waals surface area contributed by atoms with Gasteiger partial charge >= 0.3 is 6.36 Å². The second kappa shape index (κ2) is 8.56. The predicted octanol–water partition coefficient (Wildman–Crippen LogP) is 4.28. The standard InChI is InChI=1S/C17H22F4N2O.ClH/c18-15-6-5-13(24-17(19,20)21)11-14(15)16(12-3-1-2-4-12)23-9-7-22-8-10-23;/h5-6,11-12,16,22H,1-4,7-10H2;1H/t16-;/m1./s1. The first-order chi connectivity index (χ1) is 11.4. The molecule has 0 radical (unpaired) electrons. The number of nitrogens with zero attached hydrogens (tertiary/aromatic N) is 1. The number of nitrogens with one attached hydrogen (secondary N) is 1. The van der Waals surface area contributed by atoms with Crippen LogP contribution in [0, 0.1) is 11.7 Å². The summed E-state index contributed by atoms with van der Waals surface area (Å²) in [5.74, 6) is -0.532. The molecule has 1 saturated carbocycles. The Labute approximate surface area is 151 Å². The Balaban J connectivity index is 0.00000225. The zero-order valence-electron chi connectivity index (χ0n) is 13.8. The fourth-order valence-corrected chi connectivity index (χ4v) is 3.93. The largest absolute Gasteiger partial charge is 0.573 e. The molecule has 0 aromatic heterocycles. The second-order valence-electron chi connectivity index (χ2n) is 6.51. The van der Waals surface area contributed by atoms with Crippen molar-refractivity contribution < 1.29 is 22.3 Å². The molecule has 0 bridgehead atoms. The third kappa shape index (κ3) is 5.21. The Morgan fingerprint density at radius 2 is 1.76 bits per heavy atom. The van der Waals surface area contributed by atoms with E-state index in [1.165, 1.54) is 6.07 Å². The summed E-state index contributed by atoms with van der Waals surface area (Å²) in [4.78, 5) is 2.20. The summed E-state index contributed by atoms with van der Waals surface area (Å²) < 4.78 is 56.0. The molecule has 25 heavy (non-hydrogen) atoms. The summed E-state index contributed by atoms with van der Waals surface area (Å²) in [7, 11) is 0. The minimum atomic E-state index is -4.77. The van der Waals surface area contributed by atoms with Crippen LogP contribution >= 0.6 is 12.4 Å². The second-order valence-corrected chi connectivity index (χ2v) is 6.51. The van der Waals surface area contributed by atoms with Crippen LogP contribution < -0.4 is 10.1 Å². The van der Waals surface area contributed by atoms with Crippen molar-refractivity contribution >= 4 is 12.4 Å². The highest BCUT2D eigenvalue weighted by atomic mass is 35.5. The maximum absolute atomic E-state index is 14.5. The summed E-state index contributed by atoms with van der Waals surface area (Å²) in [5, 5.41) is 3.26. The average Bonchev–Trinajstić information content (AvgIpc) is 3.04. The van der Waals surface area contributed by atoms with Crippen LogP contribution in [0.15, 0.2) is 18.2 Å². The van der Waals surface area contributed by atoms with Gasteiger partial charge in [0.05, 0.1) is 0 Å². The average molecular weight is 383 g/mol. The van der Waals surface area contributed by atoms with E-state index in [1.807, 2.05) is 0 Å². The smallest absolute Gasteiger partial charge is 0.406 e. The van der Waals surface area contributed by atoms with E-state index in [1.54, 1.807) is 0 Å². The quantitative estimate of drug-likeness (QED) is 0.786. The number of halogens is 5. The van der Waals surface area contributed by atoms with Gasteiger partial charge in [0, 0.05) is 37.8 Å². The van der Waals surface area contributed by atoms with E-state index in [0.29, 0.717) is 5.56 Å².